The molecular formula is C21H43NaO4S. The Balaban J connectivity index is 0. The van der Waals surface area contributed by atoms with Crippen LogP contribution in [0.4, 0.5) is 0 Å². The van der Waals surface area contributed by atoms with E-state index in [2.05, 4.69) is 6.92 Å². The van der Waals surface area contributed by atoms with Crippen LogP contribution in [0.2, 0.25) is 0 Å². The molecule has 0 aliphatic rings. The van der Waals surface area contributed by atoms with E-state index < -0.39 is 15.4 Å². The van der Waals surface area contributed by atoms with Crippen LogP contribution in [0.1, 0.15) is 123 Å². The van der Waals surface area contributed by atoms with Gasteiger partial charge in [0.2, 0.25) is 0 Å². The van der Waals surface area contributed by atoms with Gasteiger partial charge in [-0.2, -0.15) is 0 Å². The summed E-state index contributed by atoms with van der Waals surface area (Å²) in [6, 6.07) is 0. The van der Waals surface area contributed by atoms with Crippen LogP contribution in [-0.2, 0) is 10.1 Å². The minimum absolute atomic E-state index is 0. The van der Waals surface area contributed by atoms with Crippen molar-refractivity contribution >= 4 is 10.1 Å². The van der Waals surface area contributed by atoms with E-state index in [1.165, 1.54) is 32.1 Å². The van der Waals surface area contributed by atoms with Crippen molar-refractivity contribution in [2.45, 2.75) is 134 Å². The first kappa shape index (κ1) is 30.1. The third kappa shape index (κ3) is 19.9. The minimum atomic E-state index is -4.13. The summed E-state index contributed by atoms with van der Waals surface area (Å²) in [4.78, 5) is 0. The molecule has 0 amide bonds. The Bertz CT molecular complexity index is 401. The van der Waals surface area contributed by atoms with Crippen molar-refractivity contribution in [1.82, 2.24) is 0 Å². The van der Waals surface area contributed by atoms with E-state index in [0.717, 1.165) is 64.2 Å². The van der Waals surface area contributed by atoms with Crippen LogP contribution in [0.25, 0.3) is 0 Å². The molecule has 0 aromatic heterocycles. The van der Waals surface area contributed by atoms with Crippen molar-refractivity contribution in [3.05, 3.63) is 0 Å². The molecule has 0 bridgehead atoms. The molecule has 4 nitrogen and oxygen atoms in total. The molecular weight excluding hydrogens is 371 g/mol. The summed E-state index contributed by atoms with van der Waals surface area (Å²) < 4.78 is 33.8. The van der Waals surface area contributed by atoms with Gasteiger partial charge in [-0.15, -0.1) is 0 Å². The summed E-state index contributed by atoms with van der Waals surface area (Å²) >= 11 is 0. The number of unbranched alkanes of at least 4 members (excludes halogenated alkanes) is 10. The van der Waals surface area contributed by atoms with E-state index in [0.29, 0.717) is 12.8 Å². The van der Waals surface area contributed by atoms with Crippen molar-refractivity contribution in [3.8, 4) is 0 Å². The molecule has 6 heteroatoms. The molecule has 0 radical (unpaired) electrons. The normalized spacial score (nSPS) is 13.9. The molecule has 1 N–H and O–H groups in total. The number of rotatable bonds is 19. The second-order valence-corrected chi connectivity index (χ2v) is 9.46. The van der Waals surface area contributed by atoms with Gasteiger partial charge in [0.15, 0.2) is 0 Å². The van der Waals surface area contributed by atoms with E-state index in [1.54, 1.807) is 0 Å². The van der Waals surface area contributed by atoms with E-state index in [9.17, 15) is 18.1 Å². The summed E-state index contributed by atoms with van der Waals surface area (Å²) in [5, 5.41) is 9.25. The van der Waals surface area contributed by atoms with Gasteiger partial charge in [-0.3, -0.25) is 0 Å². The predicted octanol–water partition coefficient (Wildman–Crippen LogP) is 2.94. The van der Waals surface area contributed by atoms with Crippen LogP contribution in [0.15, 0.2) is 0 Å². The minimum Gasteiger partial charge on any atom is -0.748 e. The summed E-state index contributed by atoms with van der Waals surface area (Å²) in [6.07, 6.45) is 17.0. The molecule has 0 aromatic rings. The Morgan fingerprint density at radius 3 is 1.48 bits per heavy atom. The topological polar surface area (TPSA) is 77.4 Å². The molecule has 0 saturated heterocycles. The average molecular weight is 415 g/mol. The molecule has 2 unspecified atom stereocenters. The van der Waals surface area contributed by atoms with Gasteiger partial charge < -0.3 is 9.66 Å². The maximum absolute atomic E-state index is 11.3. The van der Waals surface area contributed by atoms with Crippen molar-refractivity contribution in [1.29, 1.82) is 0 Å². The Kier molecular flexibility index (Phi) is 22.4. The van der Waals surface area contributed by atoms with Crippen molar-refractivity contribution in [2.75, 3.05) is 0 Å². The van der Waals surface area contributed by atoms with Crippen LogP contribution in [0.3, 0.4) is 0 Å². The maximum atomic E-state index is 11.3. The first-order valence-corrected chi connectivity index (χ1v) is 12.5. The van der Waals surface area contributed by atoms with Crippen LogP contribution < -0.4 is 29.6 Å². The van der Waals surface area contributed by atoms with E-state index in [1.807, 2.05) is 6.92 Å². The molecule has 0 fully saturated rings. The number of hydrogen-bond acceptors (Lipinski definition) is 4. The SMILES string of the molecule is CCCCCCC(O)CCCCCCCCCC(CCCC)S(=O)(=O)[O-].[Na+]. The Morgan fingerprint density at radius 1 is 0.667 bits per heavy atom. The van der Waals surface area contributed by atoms with E-state index >= 15 is 0 Å². The molecule has 158 valence electrons. The fourth-order valence-corrected chi connectivity index (χ4v) is 4.36. The fourth-order valence-electron chi connectivity index (χ4n) is 3.45. The zero-order valence-electron chi connectivity index (χ0n) is 18.3. The first-order chi connectivity index (χ1) is 12.4. The van der Waals surface area contributed by atoms with Gasteiger partial charge in [-0.05, 0) is 25.7 Å². The summed E-state index contributed by atoms with van der Waals surface area (Å²) in [5.74, 6) is 0. The van der Waals surface area contributed by atoms with Gasteiger partial charge in [-0.1, -0.05) is 97.3 Å². The summed E-state index contributed by atoms with van der Waals surface area (Å²) in [6.45, 7) is 4.22. The molecule has 0 rings (SSSR count). The molecule has 0 heterocycles. The summed E-state index contributed by atoms with van der Waals surface area (Å²) in [5.41, 5.74) is 0. The quantitative estimate of drug-likeness (QED) is 0.200. The van der Waals surface area contributed by atoms with Crippen molar-refractivity contribution < 1.29 is 47.6 Å². The third-order valence-electron chi connectivity index (χ3n) is 5.24. The number of hydrogen-bond donors (Lipinski definition) is 1. The zero-order valence-corrected chi connectivity index (χ0v) is 21.1. The second-order valence-electron chi connectivity index (χ2n) is 7.81. The van der Waals surface area contributed by atoms with E-state index in [4.69, 9.17) is 0 Å². The molecule has 0 spiro atoms. The Labute approximate surface area is 191 Å². The maximum Gasteiger partial charge on any atom is 1.00 e. The monoisotopic (exact) mass is 414 g/mol. The Hall–Kier alpha value is 0.870. The number of aliphatic hydroxyl groups is 1. The van der Waals surface area contributed by atoms with Gasteiger partial charge >= 0.3 is 29.6 Å². The van der Waals surface area contributed by atoms with Gasteiger partial charge in [0.1, 0.15) is 0 Å². The van der Waals surface area contributed by atoms with E-state index in [-0.39, 0.29) is 35.7 Å². The molecule has 0 saturated carbocycles. The van der Waals surface area contributed by atoms with Gasteiger partial charge in [0.05, 0.1) is 16.2 Å². The largest absolute Gasteiger partial charge is 1.00 e. The molecule has 2 atom stereocenters. The molecule has 0 aromatic carbocycles. The standard InChI is InChI=1S/C21H44O4S.Na/c1-3-5-7-13-16-20(22)17-14-11-9-8-10-12-15-19-21(18-6-4-2)26(23,24)25;/h20-22H,3-19H2,1-2H3,(H,23,24,25);/q;+1/p-1. The van der Waals surface area contributed by atoms with Gasteiger partial charge in [-0.25, -0.2) is 8.42 Å². The summed E-state index contributed by atoms with van der Waals surface area (Å²) in [7, 11) is -4.13. The van der Waals surface area contributed by atoms with Crippen molar-refractivity contribution in [3.63, 3.8) is 0 Å². The second kappa shape index (κ2) is 20.2. The van der Waals surface area contributed by atoms with Crippen LogP contribution >= 0.6 is 0 Å². The van der Waals surface area contributed by atoms with Gasteiger partial charge in [0.25, 0.3) is 0 Å². The van der Waals surface area contributed by atoms with Crippen LogP contribution in [0.5, 0.6) is 0 Å². The zero-order chi connectivity index (χ0) is 19.7. The van der Waals surface area contributed by atoms with Gasteiger partial charge in [0, 0.05) is 5.25 Å². The predicted molar refractivity (Wildman–Crippen MR) is 109 cm³/mol. The van der Waals surface area contributed by atoms with Crippen LogP contribution in [0, 0.1) is 0 Å². The van der Waals surface area contributed by atoms with Crippen molar-refractivity contribution in [2.24, 2.45) is 0 Å². The smallest absolute Gasteiger partial charge is 0.748 e. The molecule has 27 heavy (non-hydrogen) atoms. The Morgan fingerprint density at radius 2 is 1.04 bits per heavy atom. The fraction of sp³-hybridized carbons (Fsp3) is 1.00. The average Bonchev–Trinajstić information content (AvgIpc) is 2.58. The molecule has 0 aliphatic carbocycles. The first-order valence-electron chi connectivity index (χ1n) is 11.0. The number of aliphatic hydroxyl groups excluding tert-OH is 1. The third-order valence-corrected chi connectivity index (χ3v) is 6.53. The molecule has 0 aliphatic heterocycles. The van der Waals surface area contributed by atoms with Crippen LogP contribution in [-0.4, -0.2) is 29.4 Å².